The fourth-order valence-electron chi connectivity index (χ4n) is 3.76. The summed E-state index contributed by atoms with van der Waals surface area (Å²) in [6.45, 7) is 2.34. The Labute approximate surface area is 186 Å². The van der Waals surface area contributed by atoms with Gasteiger partial charge in [-0.25, -0.2) is 9.97 Å². The van der Waals surface area contributed by atoms with Crippen molar-refractivity contribution in [2.45, 2.75) is 12.6 Å². The number of rotatable bonds is 6. The molecule has 1 saturated heterocycles. The Morgan fingerprint density at radius 3 is 2.56 bits per heavy atom. The number of hydrogen-bond acceptors (Lipinski definition) is 6. The van der Waals surface area contributed by atoms with Crippen LogP contribution in [0.25, 0.3) is 0 Å². The van der Waals surface area contributed by atoms with Crippen molar-refractivity contribution in [3.8, 4) is 11.8 Å². The first-order valence-electron chi connectivity index (χ1n) is 10.5. The molecule has 4 rings (SSSR count). The molecule has 1 aliphatic rings. The number of nitrogens with one attached hydrogen (secondary N) is 1. The first-order valence-corrected chi connectivity index (χ1v) is 10.5. The second kappa shape index (κ2) is 10.0. The molecule has 3 aromatic rings. The Balaban J connectivity index is 1.49. The maximum Gasteiger partial charge on any atom is 0.321 e. The second-order valence-electron chi connectivity index (χ2n) is 7.51. The largest absolute Gasteiger partial charge is 0.424 e. The minimum absolute atomic E-state index is 0.179. The van der Waals surface area contributed by atoms with Crippen LogP contribution in [0.5, 0.6) is 11.8 Å². The van der Waals surface area contributed by atoms with Crippen LogP contribution in [0.2, 0.25) is 0 Å². The molecule has 32 heavy (non-hydrogen) atoms. The minimum Gasteiger partial charge on any atom is -0.424 e. The van der Waals surface area contributed by atoms with Gasteiger partial charge >= 0.3 is 6.01 Å². The molecular formula is C24H25N5O3. The van der Waals surface area contributed by atoms with Gasteiger partial charge in [-0.2, -0.15) is 0 Å². The van der Waals surface area contributed by atoms with Crippen molar-refractivity contribution in [1.29, 1.82) is 0 Å². The van der Waals surface area contributed by atoms with Crippen LogP contribution in [0.15, 0.2) is 73.1 Å². The van der Waals surface area contributed by atoms with E-state index in [0.717, 1.165) is 6.54 Å². The Bertz CT molecular complexity index is 1060. The van der Waals surface area contributed by atoms with E-state index in [0.29, 0.717) is 30.9 Å². The van der Waals surface area contributed by atoms with Crippen LogP contribution in [-0.2, 0) is 11.3 Å². The number of likely N-dealkylation sites (N-methyl/N-ethyl adjacent to an activating group) is 1. The van der Waals surface area contributed by atoms with Crippen LogP contribution in [-0.4, -0.2) is 64.3 Å². The average Bonchev–Trinajstić information content (AvgIpc) is 2.84. The molecule has 0 bridgehead atoms. The Kier molecular flexibility index (Phi) is 6.72. The molecule has 1 aromatic heterocycles. The molecule has 0 unspecified atom stereocenters. The summed E-state index contributed by atoms with van der Waals surface area (Å²) in [7, 11) is 1.59. The molecule has 2 aromatic carbocycles. The smallest absolute Gasteiger partial charge is 0.321 e. The zero-order valence-corrected chi connectivity index (χ0v) is 17.8. The molecule has 1 atom stereocenters. The van der Waals surface area contributed by atoms with Crippen molar-refractivity contribution in [3.63, 3.8) is 0 Å². The fraction of sp³-hybridized carbons (Fsp3) is 0.250. The topological polar surface area (TPSA) is 87.7 Å². The minimum atomic E-state index is -0.577. The van der Waals surface area contributed by atoms with Gasteiger partial charge in [0.25, 0.3) is 5.91 Å². The Hall–Kier alpha value is -3.78. The predicted molar refractivity (Wildman–Crippen MR) is 119 cm³/mol. The molecule has 1 fully saturated rings. The van der Waals surface area contributed by atoms with E-state index in [2.05, 4.69) is 32.3 Å². The molecule has 2 heterocycles. The van der Waals surface area contributed by atoms with Crippen LogP contribution in [0, 0.1) is 0 Å². The lowest BCUT2D eigenvalue weighted by atomic mass is 10.1. The van der Waals surface area contributed by atoms with E-state index < -0.39 is 6.04 Å². The van der Waals surface area contributed by atoms with Gasteiger partial charge in [0.15, 0.2) is 0 Å². The third kappa shape index (κ3) is 5.09. The van der Waals surface area contributed by atoms with Gasteiger partial charge < -0.3 is 15.0 Å². The summed E-state index contributed by atoms with van der Waals surface area (Å²) in [5, 5.41) is 2.70. The quantitative estimate of drug-likeness (QED) is 0.645. The van der Waals surface area contributed by atoms with Gasteiger partial charge in [0.05, 0.1) is 0 Å². The average molecular weight is 431 g/mol. The van der Waals surface area contributed by atoms with Gasteiger partial charge in [-0.1, -0.05) is 36.4 Å². The monoisotopic (exact) mass is 431 g/mol. The normalized spacial score (nSPS) is 16.4. The Morgan fingerprint density at radius 1 is 1.03 bits per heavy atom. The molecule has 8 heteroatoms. The van der Waals surface area contributed by atoms with Gasteiger partial charge in [0, 0.05) is 51.2 Å². The molecule has 1 N–H and O–H groups in total. The number of piperazine rings is 1. The second-order valence-corrected chi connectivity index (χ2v) is 7.51. The van der Waals surface area contributed by atoms with Crippen LogP contribution in [0.4, 0.5) is 0 Å². The van der Waals surface area contributed by atoms with Crippen LogP contribution in [0.3, 0.4) is 0 Å². The number of hydrogen-bond donors (Lipinski definition) is 1. The van der Waals surface area contributed by atoms with E-state index in [4.69, 9.17) is 4.74 Å². The molecule has 0 spiro atoms. The van der Waals surface area contributed by atoms with E-state index in [1.165, 1.54) is 5.56 Å². The third-order valence-electron chi connectivity index (χ3n) is 5.36. The van der Waals surface area contributed by atoms with E-state index in [9.17, 15) is 9.59 Å². The number of ether oxygens (including phenoxy) is 1. The number of amides is 2. The summed E-state index contributed by atoms with van der Waals surface area (Å²) in [4.78, 5) is 37.9. The zero-order chi connectivity index (χ0) is 22.3. The van der Waals surface area contributed by atoms with Crippen LogP contribution < -0.4 is 10.1 Å². The van der Waals surface area contributed by atoms with E-state index in [1.807, 2.05) is 18.2 Å². The summed E-state index contributed by atoms with van der Waals surface area (Å²) in [6, 6.07) is 18.3. The van der Waals surface area contributed by atoms with Gasteiger partial charge in [-0.15, -0.1) is 0 Å². The molecule has 1 aliphatic heterocycles. The molecule has 0 saturated carbocycles. The molecular weight excluding hydrogens is 406 g/mol. The van der Waals surface area contributed by atoms with Crippen LogP contribution >= 0.6 is 0 Å². The Morgan fingerprint density at radius 2 is 1.81 bits per heavy atom. The standard InChI is InChI=1S/C24H25N5O3/c1-25-22(30)21-17-28(16-18-7-3-2-4-8-18)13-14-29(21)23(31)19-9-5-10-20(15-19)32-24-26-11-6-12-27-24/h2-12,15,21H,13-14,16-17H2,1H3,(H,25,30)/t21-/m1/s1. The fourth-order valence-corrected chi connectivity index (χ4v) is 3.76. The van der Waals surface area contributed by atoms with Gasteiger partial charge in [-0.05, 0) is 29.8 Å². The molecule has 164 valence electrons. The molecule has 2 amide bonds. The number of carbonyl (C=O) groups is 2. The lowest BCUT2D eigenvalue weighted by Crippen LogP contribution is -2.60. The maximum atomic E-state index is 13.3. The van der Waals surface area contributed by atoms with Crippen molar-refractivity contribution in [3.05, 3.63) is 84.2 Å². The van der Waals surface area contributed by atoms with Crippen molar-refractivity contribution in [2.24, 2.45) is 0 Å². The summed E-state index contributed by atoms with van der Waals surface area (Å²) >= 11 is 0. The maximum absolute atomic E-state index is 13.3. The lowest BCUT2D eigenvalue weighted by molar-refractivity contribution is -0.127. The van der Waals surface area contributed by atoms with E-state index in [1.54, 1.807) is 54.7 Å². The number of benzene rings is 2. The number of nitrogens with zero attached hydrogens (tertiary/aromatic N) is 4. The van der Waals surface area contributed by atoms with E-state index in [-0.39, 0.29) is 17.8 Å². The summed E-state index contributed by atoms with van der Waals surface area (Å²) < 4.78 is 5.65. The highest BCUT2D eigenvalue weighted by Gasteiger charge is 2.35. The van der Waals surface area contributed by atoms with Gasteiger partial charge in [0.1, 0.15) is 11.8 Å². The highest BCUT2D eigenvalue weighted by Crippen LogP contribution is 2.22. The highest BCUT2D eigenvalue weighted by molar-refractivity contribution is 5.98. The predicted octanol–water partition coefficient (Wildman–Crippen LogP) is 2.34. The van der Waals surface area contributed by atoms with Crippen molar-refractivity contribution in [2.75, 3.05) is 26.7 Å². The van der Waals surface area contributed by atoms with Gasteiger partial charge in [-0.3, -0.25) is 14.5 Å². The van der Waals surface area contributed by atoms with Crippen LogP contribution in [0.1, 0.15) is 15.9 Å². The van der Waals surface area contributed by atoms with Crippen molar-refractivity contribution < 1.29 is 14.3 Å². The molecule has 8 nitrogen and oxygen atoms in total. The zero-order valence-electron chi connectivity index (χ0n) is 17.8. The number of carbonyl (C=O) groups excluding carboxylic acids is 2. The third-order valence-corrected chi connectivity index (χ3v) is 5.36. The number of aromatic nitrogens is 2. The first kappa shape index (κ1) is 21.5. The van der Waals surface area contributed by atoms with Crippen molar-refractivity contribution in [1.82, 2.24) is 25.1 Å². The van der Waals surface area contributed by atoms with E-state index >= 15 is 0 Å². The highest BCUT2D eigenvalue weighted by atomic mass is 16.5. The lowest BCUT2D eigenvalue weighted by Gasteiger charge is -2.40. The molecule has 0 radical (unpaired) electrons. The summed E-state index contributed by atoms with van der Waals surface area (Å²) in [5.41, 5.74) is 1.62. The first-order chi connectivity index (χ1) is 15.6. The summed E-state index contributed by atoms with van der Waals surface area (Å²) in [6.07, 6.45) is 3.17. The molecule has 0 aliphatic carbocycles. The summed E-state index contributed by atoms with van der Waals surface area (Å²) in [5.74, 6) is 0.0693. The van der Waals surface area contributed by atoms with Gasteiger partial charge in [0.2, 0.25) is 5.91 Å². The van der Waals surface area contributed by atoms with Crippen molar-refractivity contribution >= 4 is 11.8 Å². The SMILES string of the molecule is CNC(=O)[C@H]1CN(Cc2ccccc2)CCN1C(=O)c1cccc(Oc2ncccn2)c1.